The van der Waals surface area contributed by atoms with Gasteiger partial charge in [-0.1, -0.05) is 72.4 Å². The average molecular weight is 449 g/mol. The maximum atomic E-state index is 12.4. The van der Waals surface area contributed by atoms with E-state index in [-0.39, 0.29) is 5.91 Å². The number of thioether (sulfide) groups is 1. The van der Waals surface area contributed by atoms with Crippen LogP contribution in [0.3, 0.4) is 0 Å². The number of nitrogens with zero attached hydrogens (tertiary/aromatic N) is 3. The smallest absolute Gasteiger partial charge is 0.230 e. The minimum atomic E-state index is 0.00511. The Morgan fingerprint density at radius 2 is 1.84 bits per heavy atom. The van der Waals surface area contributed by atoms with Crippen molar-refractivity contribution in [2.75, 3.05) is 12.3 Å². The van der Waals surface area contributed by atoms with Crippen molar-refractivity contribution in [1.29, 1.82) is 0 Å². The van der Waals surface area contributed by atoms with Crippen molar-refractivity contribution >= 4 is 29.0 Å². The molecular formula is C24H24N4OS2. The van der Waals surface area contributed by atoms with Crippen LogP contribution >= 0.6 is 23.1 Å². The van der Waals surface area contributed by atoms with Gasteiger partial charge < -0.3 is 5.32 Å². The first kappa shape index (κ1) is 21.3. The molecule has 5 nitrogen and oxygen atoms in total. The highest BCUT2D eigenvalue weighted by atomic mass is 32.2. The van der Waals surface area contributed by atoms with Gasteiger partial charge in [0, 0.05) is 6.54 Å². The minimum Gasteiger partial charge on any atom is -0.355 e. The second-order valence-corrected chi connectivity index (χ2v) is 9.06. The van der Waals surface area contributed by atoms with Crippen LogP contribution in [0.5, 0.6) is 0 Å². The van der Waals surface area contributed by atoms with Gasteiger partial charge in [0.2, 0.25) is 5.91 Å². The molecule has 2 heterocycles. The zero-order chi connectivity index (χ0) is 21.5. The van der Waals surface area contributed by atoms with Crippen molar-refractivity contribution in [2.45, 2.75) is 25.0 Å². The summed E-state index contributed by atoms with van der Waals surface area (Å²) in [5.41, 5.74) is 3.68. The van der Waals surface area contributed by atoms with Gasteiger partial charge in [0.1, 0.15) is 0 Å². The first-order chi connectivity index (χ1) is 15.2. The topological polar surface area (TPSA) is 59.8 Å². The normalized spacial score (nSPS) is 10.9. The number of aryl methyl sites for hydroxylation is 1. The fourth-order valence-electron chi connectivity index (χ4n) is 3.30. The Hall–Kier alpha value is -2.90. The molecule has 0 aliphatic heterocycles. The summed E-state index contributed by atoms with van der Waals surface area (Å²) in [5.74, 6) is 1.15. The van der Waals surface area contributed by atoms with Gasteiger partial charge in [0.15, 0.2) is 11.0 Å². The monoisotopic (exact) mass is 448 g/mol. The highest BCUT2D eigenvalue weighted by molar-refractivity contribution is 7.99. The van der Waals surface area contributed by atoms with Gasteiger partial charge in [-0.2, -0.15) is 0 Å². The molecule has 1 amide bonds. The van der Waals surface area contributed by atoms with Crippen LogP contribution in [-0.4, -0.2) is 33.0 Å². The van der Waals surface area contributed by atoms with Gasteiger partial charge in [-0.05, 0) is 41.5 Å². The van der Waals surface area contributed by atoms with Crippen molar-refractivity contribution in [3.05, 3.63) is 88.8 Å². The lowest BCUT2D eigenvalue weighted by molar-refractivity contribution is -0.118. The number of nitrogens with one attached hydrogen (secondary N) is 1. The van der Waals surface area contributed by atoms with Gasteiger partial charge in [-0.25, -0.2) is 0 Å². The number of rotatable bonds is 9. The molecule has 2 aromatic heterocycles. The van der Waals surface area contributed by atoms with Gasteiger partial charge in [0.25, 0.3) is 0 Å². The molecule has 0 radical (unpaired) electrons. The average Bonchev–Trinajstić information content (AvgIpc) is 3.44. The summed E-state index contributed by atoms with van der Waals surface area (Å²) in [6.07, 6.45) is 0.829. The maximum Gasteiger partial charge on any atom is 0.230 e. The zero-order valence-corrected chi connectivity index (χ0v) is 19.0. The van der Waals surface area contributed by atoms with E-state index < -0.39 is 0 Å². The summed E-state index contributed by atoms with van der Waals surface area (Å²) in [6.45, 7) is 3.39. The Kier molecular flexibility index (Phi) is 7.17. The van der Waals surface area contributed by atoms with E-state index >= 15 is 0 Å². The summed E-state index contributed by atoms with van der Waals surface area (Å²) < 4.78 is 2.09. The summed E-state index contributed by atoms with van der Waals surface area (Å²) in [6, 6.07) is 22.6. The number of hydrogen-bond acceptors (Lipinski definition) is 5. The van der Waals surface area contributed by atoms with E-state index in [1.54, 1.807) is 11.3 Å². The van der Waals surface area contributed by atoms with Crippen LogP contribution in [0.25, 0.3) is 10.7 Å². The standard InChI is InChI=1S/C24H24N4OS2/c1-18-8-5-6-11-20(18)13-14-25-22(29)17-31-24-27-26-23(21-12-7-15-30-21)28(24)16-19-9-3-2-4-10-19/h2-12,15H,13-14,16-17H2,1H3,(H,25,29). The van der Waals surface area contributed by atoms with Gasteiger partial charge in [-0.3, -0.25) is 9.36 Å². The molecule has 4 aromatic rings. The summed E-state index contributed by atoms with van der Waals surface area (Å²) >= 11 is 3.06. The van der Waals surface area contributed by atoms with Gasteiger partial charge in [-0.15, -0.1) is 21.5 Å². The third-order valence-electron chi connectivity index (χ3n) is 4.95. The Balaban J connectivity index is 1.39. The lowest BCUT2D eigenvalue weighted by atomic mass is 10.1. The van der Waals surface area contributed by atoms with Gasteiger partial charge >= 0.3 is 0 Å². The molecule has 7 heteroatoms. The van der Waals surface area contributed by atoms with Crippen LogP contribution in [0.2, 0.25) is 0 Å². The van der Waals surface area contributed by atoms with Crippen LogP contribution in [-0.2, 0) is 17.8 Å². The lowest BCUT2D eigenvalue weighted by Crippen LogP contribution is -2.27. The zero-order valence-electron chi connectivity index (χ0n) is 17.3. The predicted octanol–water partition coefficient (Wildman–Crippen LogP) is 4.81. The van der Waals surface area contributed by atoms with Gasteiger partial charge in [0.05, 0.1) is 17.2 Å². The highest BCUT2D eigenvalue weighted by Gasteiger charge is 2.16. The number of benzene rings is 2. The fraction of sp³-hybridized carbons (Fsp3) is 0.208. The quantitative estimate of drug-likeness (QED) is 0.373. The second kappa shape index (κ2) is 10.4. The molecule has 0 saturated carbocycles. The Labute approximate surface area is 190 Å². The third kappa shape index (κ3) is 5.62. The summed E-state index contributed by atoms with van der Waals surface area (Å²) in [5, 5.41) is 14.6. The molecule has 1 N–H and O–H groups in total. The molecule has 0 aliphatic rings. The molecule has 0 bridgehead atoms. The molecular weight excluding hydrogens is 424 g/mol. The number of amides is 1. The number of carbonyl (C=O) groups is 1. The van der Waals surface area contributed by atoms with E-state index in [4.69, 9.17) is 0 Å². The van der Waals surface area contributed by atoms with E-state index in [9.17, 15) is 4.79 Å². The van der Waals surface area contributed by atoms with Crippen molar-refractivity contribution in [3.8, 4) is 10.7 Å². The second-order valence-electron chi connectivity index (χ2n) is 7.17. The fourth-order valence-corrected chi connectivity index (χ4v) is 4.79. The largest absolute Gasteiger partial charge is 0.355 e. The first-order valence-electron chi connectivity index (χ1n) is 10.2. The number of thiophene rings is 1. The Morgan fingerprint density at radius 1 is 1.03 bits per heavy atom. The highest BCUT2D eigenvalue weighted by Crippen LogP contribution is 2.28. The molecule has 4 rings (SSSR count). The van der Waals surface area contributed by atoms with E-state index in [0.29, 0.717) is 18.8 Å². The molecule has 0 aliphatic carbocycles. The Morgan fingerprint density at radius 3 is 2.61 bits per heavy atom. The molecule has 0 saturated heterocycles. The van der Waals surface area contributed by atoms with E-state index in [2.05, 4.69) is 51.3 Å². The SMILES string of the molecule is Cc1ccccc1CCNC(=O)CSc1nnc(-c2cccs2)n1Cc1ccccc1. The van der Waals surface area contributed by atoms with Crippen molar-refractivity contribution in [2.24, 2.45) is 0 Å². The number of carbonyl (C=O) groups excluding carboxylic acids is 1. The van der Waals surface area contributed by atoms with Crippen molar-refractivity contribution in [3.63, 3.8) is 0 Å². The first-order valence-corrected chi connectivity index (χ1v) is 12.0. The van der Waals surface area contributed by atoms with Crippen LogP contribution < -0.4 is 5.32 Å². The Bertz CT molecular complexity index is 1120. The molecule has 2 aromatic carbocycles. The predicted molar refractivity (Wildman–Crippen MR) is 127 cm³/mol. The van der Waals surface area contributed by atoms with E-state index in [1.807, 2.05) is 47.8 Å². The molecule has 0 unspecified atom stereocenters. The number of hydrogen-bond donors (Lipinski definition) is 1. The lowest BCUT2D eigenvalue weighted by Gasteiger charge is -2.10. The summed E-state index contributed by atoms with van der Waals surface area (Å²) in [7, 11) is 0. The van der Waals surface area contributed by atoms with E-state index in [0.717, 1.165) is 22.3 Å². The van der Waals surface area contributed by atoms with Crippen LogP contribution in [0.4, 0.5) is 0 Å². The molecule has 0 spiro atoms. The minimum absolute atomic E-state index is 0.00511. The molecule has 31 heavy (non-hydrogen) atoms. The third-order valence-corrected chi connectivity index (χ3v) is 6.78. The maximum absolute atomic E-state index is 12.4. The molecule has 0 atom stereocenters. The summed E-state index contributed by atoms with van der Waals surface area (Å²) in [4.78, 5) is 13.5. The molecule has 158 valence electrons. The van der Waals surface area contributed by atoms with Crippen molar-refractivity contribution in [1.82, 2.24) is 20.1 Å². The van der Waals surface area contributed by atoms with Crippen LogP contribution in [0, 0.1) is 6.92 Å². The van der Waals surface area contributed by atoms with Crippen molar-refractivity contribution < 1.29 is 4.79 Å². The number of aromatic nitrogens is 3. The van der Waals surface area contributed by atoms with Crippen LogP contribution in [0.1, 0.15) is 16.7 Å². The van der Waals surface area contributed by atoms with Crippen LogP contribution in [0.15, 0.2) is 77.3 Å². The van der Waals surface area contributed by atoms with E-state index in [1.165, 1.54) is 28.5 Å². The molecule has 0 fully saturated rings.